The van der Waals surface area contributed by atoms with Crippen LogP contribution in [0.25, 0.3) is 33.2 Å². The van der Waals surface area contributed by atoms with Crippen LogP contribution in [-0.4, -0.2) is 23.3 Å². The summed E-state index contributed by atoms with van der Waals surface area (Å²) < 4.78 is 12.2. The summed E-state index contributed by atoms with van der Waals surface area (Å²) in [5.41, 5.74) is 4.52. The molecular formula is C51H53ClN2O5. The van der Waals surface area contributed by atoms with Crippen LogP contribution in [0.3, 0.4) is 0 Å². The molecule has 0 fully saturated rings. The van der Waals surface area contributed by atoms with Gasteiger partial charge in [0.15, 0.2) is 11.5 Å². The lowest BCUT2D eigenvalue weighted by Crippen LogP contribution is -2.19. The van der Waals surface area contributed by atoms with Gasteiger partial charge in [0.25, 0.3) is 5.56 Å². The summed E-state index contributed by atoms with van der Waals surface area (Å²) >= 11 is 6.79. The first kappa shape index (κ1) is 41.5. The molecule has 0 unspecified atom stereocenters. The quantitative estimate of drug-likeness (QED) is 0.0554. The van der Waals surface area contributed by atoms with Crippen LogP contribution in [0.4, 0.5) is 11.4 Å². The van der Waals surface area contributed by atoms with Crippen LogP contribution >= 0.6 is 11.6 Å². The molecule has 7 nitrogen and oxygen atoms in total. The van der Waals surface area contributed by atoms with Gasteiger partial charge in [-0.15, -0.1) is 0 Å². The Hall–Kier alpha value is -5.66. The van der Waals surface area contributed by atoms with Gasteiger partial charge < -0.3 is 19.8 Å². The Bertz CT molecular complexity index is 2440. The Morgan fingerprint density at radius 2 is 1.22 bits per heavy atom. The molecule has 304 valence electrons. The molecule has 1 heterocycles. The molecule has 0 saturated carbocycles. The fourth-order valence-electron chi connectivity index (χ4n) is 8.10. The summed E-state index contributed by atoms with van der Waals surface area (Å²) in [7, 11) is 0. The summed E-state index contributed by atoms with van der Waals surface area (Å²) in [6.45, 7) is 2.60. The van der Waals surface area contributed by atoms with Crippen molar-refractivity contribution in [2.75, 3.05) is 11.9 Å². The van der Waals surface area contributed by atoms with Gasteiger partial charge in [-0.1, -0.05) is 175 Å². The van der Waals surface area contributed by atoms with Crippen LogP contribution in [0.15, 0.2) is 114 Å². The number of hydrogen-bond acceptors (Lipinski definition) is 6. The minimum absolute atomic E-state index is 0.224. The molecule has 0 atom stereocenters. The normalized spacial score (nSPS) is 11.7. The SMILES string of the molecule is CCCCCCCCCCCCCCCCOC(=O)c1ccc(Cl)c(Nc2cc(Oc3ccccc3)c3[nH]c(=O)c(-c4ccccc4)c4c3c2C(=O)c2ccccc2-4)c1. The van der Waals surface area contributed by atoms with Crippen LogP contribution in [-0.2, 0) is 4.74 Å². The van der Waals surface area contributed by atoms with E-state index in [-0.39, 0.29) is 11.3 Å². The highest BCUT2D eigenvalue weighted by atomic mass is 35.5. The third kappa shape index (κ3) is 9.97. The third-order valence-electron chi connectivity index (χ3n) is 11.2. The predicted octanol–water partition coefficient (Wildman–Crippen LogP) is 14.2. The highest BCUT2D eigenvalue weighted by molar-refractivity contribution is 6.34. The molecule has 8 heteroatoms. The Labute approximate surface area is 352 Å². The zero-order valence-corrected chi connectivity index (χ0v) is 34.7. The Morgan fingerprint density at radius 3 is 1.88 bits per heavy atom. The van der Waals surface area contributed by atoms with Gasteiger partial charge in [0.1, 0.15) is 5.75 Å². The number of carbonyl (C=O) groups excluding carboxylic acids is 2. The number of rotatable bonds is 21. The van der Waals surface area contributed by atoms with Crippen molar-refractivity contribution in [2.24, 2.45) is 0 Å². The number of fused-ring (bicyclic) bond motifs is 2. The number of aromatic amines is 1. The van der Waals surface area contributed by atoms with Crippen molar-refractivity contribution in [3.05, 3.63) is 141 Å². The number of anilines is 2. The van der Waals surface area contributed by atoms with Gasteiger partial charge in [-0.25, -0.2) is 4.79 Å². The Balaban J connectivity index is 1.10. The number of ketones is 1. The van der Waals surface area contributed by atoms with Crippen molar-refractivity contribution in [3.8, 4) is 33.8 Å². The lowest BCUT2D eigenvalue weighted by atomic mass is 9.80. The second-order valence-corrected chi connectivity index (χ2v) is 15.9. The number of carbonyl (C=O) groups is 2. The van der Waals surface area contributed by atoms with E-state index in [4.69, 9.17) is 21.1 Å². The van der Waals surface area contributed by atoms with Crippen LogP contribution in [0.1, 0.15) is 123 Å². The molecule has 0 amide bonds. The molecule has 1 aliphatic rings. The van der Waals surface area contributed by atoms with Gasteiger partial charge in [0.05, 0.1) is 45.2 Å². The van der Waals surface area contributed by atoms with Crippen molar-refractivity contribution in [1.82, 2.24) is 4.98 Å². The maximum absolute atomic E-state index is 14.6. The molecule has 0 aliphatic heterocycles. The molecule has 0 radical (unpaired) electrons. The number of esters is 1. The molecule has 2 N–H and O–H groups in total. The number of aromatic nitrogens is 1. The van der Waals surface area contributed by atoms with E-state index in [1.807, 2.05) is 78.9 Å². The molecule has 0 bridgehead atoms. The average molecular weight is 809 g/mol. The number of ether oxygens (including phenoxy) is 2. The van der Waals surface area contributed by atoms with Crippen molar-refractivity contribution in [1.29, 1.82) is 0 Å². The largest absolute Gasteiger partial charge is 0.462 e. The fourth-order valence-corrected chi connectivity index (χ4v) is 8.26. The first-order valence-electron chi connectivity index (χ1n) is 21.4. The van der Waals surface area contributed by atoms with Gasteiger partial charge in [0.2, 0.25) is 0 Å². The van der Waals surface area contributed by atoms with Gasteiger partial charge in [0, 0.05) is 22.6 Å². The van der Waals surface area contributed by atoms with E-state index in [0.717, 1.165) is 19.3 Å². The topological polar surface area (TPSA) is 97.5 Å². The third-order valence-corrected chi connectivity index (χ3v) is 11.5. The van der Waals surface area contributed by atoms with E-state index in [0.29, 0.717) is 84.4 Å². The van der Waals surface area contributed by atoms with E-state index < -0.39 is 5.97 Å². The molecule has 5 aromatic carbocycles. The monoisotopic (exact) mass is 808 g/mol. The van der Waals surface area contributed by atoms with Crippen molar-refractivity contribution in [2.45, 2.75) is 96.8 Å². The molecule has 6 aromatic rings. The van der Waals surface area contributed by atoms with E-state index in [2.05, 4.69) is 17.2 Å². The minimum Gasteiger partial charge on any atom is -0.462 e. The average Bonchev–Trinajstić information content (AvgIpc) is 3.26. The van der Waals surface area contributed by atoms with Crippen LogP contribution < -0.4 is 15.6 Å². The summed E-state index contributed by atoms with van der Waals surface area (Å²) in [6, 6.07) is 32.7. The zero-order valence-electron chi connectivity index (χ0n) is 33.9. The first-order chi connectivity index (χ1) is 28.9. The summed E-state index contributed by atoms with van der Waals surface area (Å²) in [6.07, 6.45) is 17.6. The number of pyridine rings is 1. The zero-order chi connectivity index (χ0) is 41.0. The number of halogens is 1. The maximum atomic E-state index is 14.6. The number of para-hydroxylation sites is 1. The maximum Gasteiger partial charge on any atom is 0.338 e. The van der Waals surface area contributed by atoms with Crippen LogP contribution in [0.2, 0.25) is 5.02 Å². The number of benzene rings is 5. The van der Waals surface area contributed by atoms with Gasteiger partial charge >= 0.3 is 5.97 Å². The highest BCUT2D eigenvalue weighted by Crippen LogP contribution is 2.49. The molecule has 0 saturated heterocycles. The highest BCUT2D eigenvalue weighted by Gasteiger charge is 2.33. The van der Waals surface area contributed by atoms with Crippen molar-refractivity contribution in [3.63, 3.8) is 0 Å². The van der Waals surface area contributed by atoms with Crippen molar-refractivity contribution >= 4 is 45.6 Å². The Kier molecular flexibility index (Phi) is 14.3. The lowest BCUT2D eigenvalue weighted by molar-refractivity contribution is 0.0497. The van der Waals surface area contributed by atoms with Crippen LogP contribution in [0, 0.1) is 0 Å². The molecule has 0 spiro atoms. The van der Waals surface area contributed by atoms with Crippen molar-refractivity contribution < 1.29 is 19.1 Å². The predicted molar refractivity (Wildman–Crippen MR) is 241 cm³/mol. The van der Waals surface area contributed by atoms with E-state index in [1.165, 1.54) is 70.6 Å². The van der Waals surface area contributed by atoms with E-state index >= 15 is 0 Å². The smallest absolute Gasteiger partial charge is 0.338 e. The molecule has 1 aromatic heterocycles. The van der Waals surface area contributed by atoms with Crippen LogP contribution in [0.5, 0.6) is 11.5 Å². The number of H-pyrrole nitrogens is 1. The standard InChI is InChI=1S/C51H53ClN2O5/c1-2-3-4-5-6-7-8-9-10-11-12-13-14-23-32-58-51(57)36-30-31-40(52)41(33-36)53-42-34-43(59-37-26-19-16-20-27-37)48-47-45(38-28-21-22-29-39(38)49(55)46(42)47)44(50(56)54-48)35-24-17-15-18-25-35/h15-22,24-31,33-34,53H,2-14,23,32H2,1H3,(H,54,56). The molecular weight excluding hydrogens is 756 g/mol. The van der Waals surface area contributed by atoms with Gasteiger partial charge in [-0.05, 0) is 47.9 Å². The fraction of sp³-hybridized carbons (Fsp3) is 0.314. The molecule has 1 aliphatic carbocycles. The van der Waals surface area contributed by atoms with Gasteiger partial charge in [-0.3, -0.25) is 9.59 Å². The second-order valence-electron chi connectivity index (χ2n) is 15.5. The molecule has 7 rings (SSSR count). The summed E-state index contributed by atoms with van der Waals surface area (Å²) in [4.78, 5) is 45.1. The number of nitrogens with one attached hydrogen (secondary N) is 2. The van der Waals surface area contributed by atoms with Gasteiger partial charge in [-0.2, -0.15) is 0 Å². The first-order valence-corrected chi connectivity index (χ1v) is 21.8. The van der Waals surface area contributed by atoms with E-state index in [1.54, 1.807) is 30.3 Å². The minimum atomic E-state index is -0.440. The number of unbranched alkanes of at least 4 members (excludes halogenated alkanes) is 13. The number of hydrogen-bond donors (Lipinski definition) is 2. The Morgan fingerprint density at radius 1 is 0.627 bits per heavy atom. The molecule has 59 heavy (non-hydrogen) atoms. The van der Waals surface area contributed by atoms with E-state index in [9.17, 15) is 14.4 Å². The lowest BCUT2D eigenvalue weighted by Gasteiger charge is -2.26. The summed E-state index contributed by atoms with van der Waals surface area (Å²) in [5, 5.41) is 4.28. The second kappa shape index (κ2) is 20.3. The summed E-state index contributed by atoms with van der Waals surface area (Å²) in [5.74, 6) is 0.220.